The van der Waals surface area contributed by atoms with Crippen LogP contribution in [0.5, 0.6) is 0 Å². The lowest BCUT2D eigenvalue weighted by atomic mass is 10.5. The lowest BCUT2D eigenvalue weighted by Gasteiger charge is -2.02. The van der Waals surface area contributed by atoms with E-state index in [4.69, 9.17) is 5.73 Å². The first-order valence-electron chi connectivity index (χ1n) is 3.84. The Balaban J connectivity index is 2.26. The minimum Gasteiger partial charge on any atom is -0.330 e. The van der Waals surface area contributed by atoms with E-state index in [2.05, 4.69) is 4.72 Å². The van der Waals surface area contributed by atoms with Gasteiger partial charge in [-0.25, -0.2) is 13.1 Å². The predicted octanol–water partition coefficient (Wildman–Crippen LogP) is -0.583. The van der Waals surface area contributed by atoms with Gasteiger partial charge in [0.2, 0.25) is 10.0 Å². The maximum absolute atomic E-state index is 11.1. The number of hydrogen-bond donors (Lipinski definition) is 2. The van der Waals surface area contributed by atoms with Gasteiger partial charge in [0, 0.05) is 6.04 Å². The highest BCUT2D eigenvalue weighted by molar-refractivity contribution is 7.89. The molecule has 0 unspecified atom stereocenters. The predicted molar refractivity (Wildman–Crippen MR) is 43.6 cm³/mol. The van der Waals surface area contributed by atoms with Crippen molar-refractivity contribution in [3.8, 4) is 0 Å². The zero-order valence-electron chi connectivity index (χ0n) is 6.41. The van der Waals surface area contributed by atoms with Gasteiger partial charge in [-0.05, 0) is 25.8 Å². The smallest absolute Gasteiger partial charge is 0.211 e. The fourth-order valence-corrected chi connectivity index (χ4v) is 2.20. The van der Waals surface area contributed by atoms with E-state index in [0.717, 1.165) is 12.8 Å². The molecule has 0 aromatic carbocycles. The van der Waals surface area contributed by atoms with Gasteiger partial charge in [-0.1, -0.05) is 0 Å². The van der Waals surface area contributed by atoms with Gasteiger partial charge in [-0.2, -0.15) is 0 Å². The molecule has 11 heavy (non-hydrogen) atoms. The van der Waals surface area contributed by atoms with Crippen molar-refractivity contribution in [3.63, 3.8) is 0 Å². The van der Waals surface area contributed by atoms with Crippen LogP contribution in [0.25, 0.3) is 0 Å². The highest BCUT2D eigenvalue weighted by Gasteiger charge is 2.26. The van der Waals surface area contributed by atoms with Crippen molar-refractivity contribution in [2.75, 3.05) is 12.3 Å². The molecule has 0 atom stereocenters. The van der Waals surface area contributed by atoms with E-state index in [1.165, 1.54) is 0 Å². The molecule has 0 radical (unpaired) electrons. The molecule has 1 rings (SSSR count). The summed E-state index contributed by atoms with van der Waals surface area (Å²) in [6.07, 6.45) is 2.52. The molecular formula is C6H14N2O2S. The molecule has 0 amide bonds. The molecule has 0 spiro atoms. The van der Waals surface area contributed by atoms with Gasteiger partial charge in [-0.3, -0.25) is 0 Å². The van der Waals surface area contributed by atoms with Crippen molar-refractivity contribution in [2.45, 2.75) is 25.3 Å². The lowest BCUT2D eigenvalue weighted by Crippen LogP contribution is -2.29. The molecule has 1 aliphatic rings. The molecular weight excluding hydrogens is 164 g/mol. The SMILES string of the molecule is NCCCS(=O)(=O)NC1CC1. The van der Waals surface area contributed by atoms with E-state index >= 15 is 0 Å². The Morgan fingerprint density at radius 3 is 2.55 bits per heavy atom. The quantitative estimate of drug-likeness (QED) is 0.591. The van der Waals surface area contributed by atoms with E-state index in [1.807, 2.05) is 0 Å². The highest BCUT2D eigenvalue weighted by Crippen LogP contribution is 2.19. The average molecular weight is 178 g/mol. The van der Waals surface area contributed by atoms with Crippen LogP contribution in [0.1, 0.15) is 19.3 Å². The fraction of sp³-hybridized carbons (Fsp3) is 1.00. The van der Waals surface area contributed by atoms with E-state index in [0.29, 0.717) is 13.0 Å². The zero-order valence-corrected chi connectivity index (χ0v) is 7.23. The van der Waals surface area contributed by atoms with Crippen molar-refractivity contribution < 1.29 is 8.42 Å². The summed E-state index contributed by atoms with van der Waals surface area (Å²) >= 11 is 0. The minimum absolute atomic E-state index is 0.167. The molecule has 1 aliphatic carbocycles. The monoisotopic (exact) mass is 178 g/mol. The Kier molecular flexibility index (Phi) is 2.86. The number of nitrogens with two attached hydrogens (primary N) is 1. The summed E-state index contributed by atoms with van der Waals surface area (Å²) in [6, 6.07) is 0.220. The van der Waals surface area contributed by atoms with Gasteiger partial charge in [0.15, 0.2) is 0 Å². The average Bonchev–Trinajstić information content (AvgIpc) is 2.67. The van der Waals surface area contributed by atoms with Crippen LogP contribution in [-0.2, 0) is 10.0 Å². The molecule has 0 aliphatic heterocycles. The summed E-state index contributed by atoms with van der Waals surface area (Å²) in [4.78, 5) is 0. The molecule has 4 nitrogen and oxygen atoms in total. The third kappa shape index (κ3) is 3.69. The standard InChI is InChI=1S/C6H14N2O2S/c7-4-1-5-11(9,10)8-6-2-3-6/h6,8H,1-5,7H2. The van der Waals surface area contributed by atoms with Crippen LogP contribution < -0.4 is 10.5 Å². The summed E-state index contributed by atoms with van der Waals surface area (Å²) < 4.78 is 24.7. The Labute approximate surface area is 67.2 Å². The molecule has 0 aromatic heterocycles. The Hall–Kier alpha value is -0.130. The van der Waals surface area contributed by atoms with Crippen molar-refractivity contribution in [1.82, 2.24) is 4.72 Å². The van der Waals surface area contributed by atoms with E-state index < -0.39 is 10.0 Å². The normalized spacial score (nSPS) is 18.6. The largest absolute Gasteiger partial charge is 0.330 e. The third-order valence-corrected chi connectivity index (χ3v) is 3.06. The van der Waals surface area contributed by atoms with Gasteiger partial charge in [0.1, 0.15) is 0 Å². The summed E-state index contributed by atoms with van der Waals surface area (Å²) in [5.41, 5.74) is 5.19. The number of nitrogens with one attached hydrogen (secondary N) is 1. The number of hydrogen-bond acceptors (Lipinski definition) is 3. The molecule has 5 heteroatoms. The van der Waals surface area contributed by atoms with Crippen LogP contribution >= 0.6 is 0 Å². The highest BCUT2D eigenvalue weighted by atomic mass is 32.2. The van der Waals surface area contributed by atoms with Crippen molar-refractivity contribution in [3.05, 3.63) is 0 Å². The Bertz CT molecular complexity index is 209. The second kappa shape index (κ2) is 3.51. The van der Waals surface area contributed by atoms with Crippen molar-refractivity contribution in [1.29, 1.82) is 0 Å². The first-order valence-corrected chi connectivity index (χ1v) is 5.49. The molecule has 0 aromatic rings. The Morgan fingerprint density at radius 2 is 2.09 bits per heavy atom. The van der Waals surface area contributed by atoms with Gasteiger partial charge < -0.3 is 5.73 Å². The second-order valence-corrected chi connectivity index (χ2v) is 4.73. The first-order chi connectivity index (χ1) is 5.14. The van der Waals surface area contributed by atoms with Crippen LogP contribution in [-0.4, -0.2) is 26.8 Å². The van der Waals surface area contributed by atoms with Crippen LogP contribution in [0, 0.1) is 0 Å². The van der Waals surface area contributed by atoms with E-state index in [1.54, 1.807) is 0 Å². The number of sulfonamides is 1. The van der Waals surface area contributed by atoms with Crippen molar-refractivity contribution >= 4 is 10.0 Å². The summed E-state index contributed by atoms with van der Waals surface area (Å²) in [7, 11) is -3.01. The zero-order chi connectivity index (χ0) is 8.32. The van der Waals surface area contributed by atoms with Gasteiger partial charge in [-0.15, -0.1) is 0 Å². The minimum atomic E-state index is -3.01. The second-order valence-electron chi connectivity index (χ2n) is 2.85. The summed E-state index contributed by atoms with van der Waals surface area (Å²) in [5, 5.41) is 0. The molecule has 66 valence electrons. The van der Waals surface area contributed by atoms with Crippen LogP contribution in [0.2, 0.25) is 0 Å². The van der Waals surface area contributed by atoms with Gasteiger partial charge >= 0.3 is 0 Å². The van der Waals surface area contributed by atoms with Crippen LogP contribution in [0.3, 0.4) is 0 Å². The molecule has 0 saturated heterocycles. The van der Waals surface area contributed by atoms with Crippen LogP contribution in [0.15, 0.2) is 0 Å². The molecule has 0 heterocycles. The van der Waals surface area contributed by atoms with Gasteiger partial charge in [0.25, 0.3) is 0 Å². The Morgan fingerprint density at radius 1 is 1.45 bits per heavy atom. The van der Waals surface area contributed by atoms with E-state index in [9.17, 15) is 8.42 Å². The molecule has 0 bridgehead atoms. The topological polar surface area (TPSA) is 72.2 Å². The molecule has 1 fully saturated rings. The van der Waals surface area contributed by atoms with Crippen LogP contribution in [0.4, 0.5) is 0 Å². The summed E-state index contributed by atoms with van der Waals surface area (Å²) in [5.74, 6) is 0.167. The molecule has 1 saturated carbocycles. The van der Waals surface area contributed by atoms with Gasteiger partial charge in [0.05, 0.1) is 5.75 Å². The number of rotatable bonds is 5. The third-order valence-electron chi connectivity index (χ3n) is 1.54. The summed E-state index contributed by atoms with van der Waals surface area (Å²) in [6.45, 7) is 0.436. The van der Waals surface area contributed by atoms with E-state index in [-0.39, 0.29) is 11.8 Å². The maximum atomic E-state index is 11.1. The maximum Gasteiger partial charge on any atom is 0.211 e. The van der Waals surface area contributed by atoms with Crippen molar-refractivity contribution in [2.24, 2.45) is 5.73 Å². The first kappa shape index (κ1) is 8.96. The molecule has 3 N–H and O–H groups in total. The fourth-order valence-electron chi connectivity index (χ4n) is 0.787. The lowest BCUT2D eigenvalue weighted by molar-refractivity contribution is 0.578.